The molecule has 3 N–H and O–H groups in total. The number of hydrogen-bond donors (Lipinski definition) is 3. The van der Waals surface area contributed by atoms with Gasteiger partial charge in [0.05, 0.1) is 16.3 Å². The maximum atomic E-state index is 12.5. The molecule has 0 bridgehead atoms. The summed E-state index contributed by atoms with van der Waals surface area (Å²) in [6.07, 6.45) is 0. The Morgan fingerprint density at radius 2 is 1.59 bits per heavy atom. The van der Waals surface area contributed by atoms with Crippen molar-refractivity contribution in [1.29, 1.82) is 0 Å². The van der Waals surface area contributed by atoms with Crippen LogP contribution in [0.5, 0.6) is 0 Å². The summed E-state index contributed by atoms with van der Waals surface area (Å²) in [5, 5.41) is 5.36. The molecule has 0 fully saturated rings. The molecule has 27 heavy (non-hydrogen) atoms. The fraction of sp³-hybridized carbons (Fsp3) is 0.222. The van der Waals surface area contributed by atoms with Crippen LogP contribution in [0.2, 0.25) is 0 Å². The van der Waals surface area contributed by atoms with Crippen LogP contribution in [0.15, 0.2) is 51.8 Å². The quantitative estimate of drug-likeness (QED) is 0.623. The van der Waals surface area contributed by atoms with Crippen molar-refractivity contribution in [2.75, 3.05) is 10.6 Å². The highest BCUT2D eigenvalue weighted by atomic mass is 79.9. The molecule has 0 aliphatic carbocycles. The molecular weight excluding hydrogens is 434 g/mol. The Labute approximate surface area is 166 Å². The smallest absolute Gasteiger partial charge is 0.255 e. The van der Waals surface area contributed by atoms with E-state index in [0.29, 0.717) is 11.4 Å². The molecule has 0 aliphatic heterocycles. The molecule has 0 saturated carbocycles. The molecule has 0 spiro atoms. The number of carbonyl (C=O) groups excluding carboxylic acids is 2. The van der Waals surface area contributed by atoms with Gasteiger partial charge in [0, 0.05) is 23.0 Å². The topological polar surface area (TPSA) is 104 Å². The van der Waals surface area contributed by atoms with E-state index in [2.05, 4.69) is 31.3 Å². The number of hydrogen-bond acceptors (Lipinski definition) is 4. The molecule has 0 radical (unpaired) electrons. The van der Waals surface area contributed by atoms with Crippen LogP contribution >= 0.6 is 15.9 Å². The Kier molecular flexibility index (Phi) is 6.74. The van der Waals surface area contributed by atoms with Crippen LogP contribution in [0.25, 0.3) is 0 Å². The van der Waals surface area contributed by atoms with Crippen molar-refractivity contribution in [1.82, 2.24) is 4.72 Å². The Bertz CT molecular complexity index is 957. The molecule has 2 rings (SSSR count). The lowest BCUT2D eigenvalue weighted by Crippen LogP contribution is -2.30. The first-order chi connectivity index (χ1) is 12.6. The molecule has 144 valence electrons. The molecule has 7 nitrogen and oxygen atoms in total. The van der Waals surface area contributed by atoms with Crippen LogP contribution in [0, 0.1) is 0 Å². The molecule has 9 heteroatoms. The lowest BCUT2D eigenvalue weighted by Gasteiger charge is -2.13. The highest BCUT2D eigenvalue weighted by Gasteiger charge is 2.16. The van der Waals surface area contributed by atoms with Gasteiger partial charge in [-0.05, 0) is 56.3 Å². The Morgan fingerprint density at radius 1 is 0.963 bits per heavy atom. The summed E-state index contributed by atoms with van der Waals surface area (Å²) in [4.78, 5) is 23.9. The third-order valence-electron chi connectivity index (χ3n) is 3.36. The lowest BCUT2D eigenvalue weighted by molar-refractivity contribution is -0.114. The molecule has 0 unspecified atom stereocenters. The Hall–Kier alpha value is -2.23. The molecule has 2 amide bonds. The summed E-state index contributed by atoms with van der Waals surface area (Å²) >= 11 is 3.32. The zero-order valence-corrected chi connectivity index (χ0v) is 17.4. The first kappa shape index (κ1) is 21.1. The minimum absolute atomic E-state index is 0.0779. The van der Waals surface area contributed by atoms with Gasteiger partial charge in [-0.1, -0.05) is 15.9 Å². The highest BCUT2D eigenvalue weighted by Crippen LogP contribution is 2.26. The number of amides is 2. The first-order valence-electron chi connectivity index (χ1n) is 8.09. The number of sulfonamides is 1. The number of rotatable bonds is 6. The average Bonchev–Trinajstić information content (AvgIpc) is 2.56. The normalized spacial score (nSPS) is 11.3. The van der Waals surface area contributed by atoms with E-state index in [1.54, 1.807) is 32.0 Å². The third-order valence-corrected chi connectivity index (χ3v) is 5.53. The Balaban J connectivity index is 2.22. The highest BCUT2D eigenvalue weighted by molar-refractivity contribution is 9.10. The predicted octanol–water partition coefficient (Wildman–Crippen LogP) is 3.35. The molecule has 0 atom stereocenters. The van der Waals surface area contributed by atoms with Gasteiger partial charge in [0.2, 0.25) is 15.9 Å². The maximum absolute atomic E-state index is 12.5. The standard InChI is InChI=1S/C18H20BrN3O4S/c1-11(2)22-27(25,26)15-7-4-13(5-8-15)18(24)21-17-10-14(19)6-9-16(17)20-12(3)23/h4-11,22H,1-3H3,(H,20,23)(H,21,24). The van der Waals surface area contributed by atoms with E-state index in [1.807, 2.05) is 0 Å². The fourth-order valence-electron chi connectivity index (χ4n) is 2.28. The van der Waals surface area contributed by atoms with Crippen molar-refractivity contribution in [3.8, 4) is 0 Å². The van der Waals surface area contributed by atoms with Gasteiger partial charge in [-0.15, -0.1) is 0 Å². The second-order valence-corrected chi connectivity index (χ2v) is 8.76. The Morgan fingerprint density at radius 3 is 2.15 bits per heavy atom. The van der Waals surface area contributed by atoms with Gasteiger partial charge in [0.1, 0.15) is 0 Å². The van der Waals surface area contributed by atoms with E-state index in [4.69, 9.17) is 0 Å². The van der Waals surface area contributed by atoms with Gasteiger partial charge in [0.25, 0.3) is 5.91 Å². The monoisotopic (exact) mass is 453 g/mol. The maximum Gasteiger partial charge on any atom is 0.255 e. The van der Waals surface area contributed by atoms with E-state index in [9.17, 15) is 18.0 Å². The van der Waals surface area contributed by atoms with Crippen molar-refractivity contribution in [3.05, 3.63) is 52.5 Å². The van der Waals surface area contributed by atoms with Gasteiger partial charge in [-0.2, -0.15) is 0 Å². The molecule has 0 aromatic heterocycles. The average molecular weight is 454 g/mol. The third kappa shape index (κ3) is 5.88. The van der Waals surface area contributed by atoms with Crippen LogP contribution in [-0.4, -0.2) is 26.3 Å². The van der Waals surface area contributed by atoms with Gasteiger partial charge in [-0.3, -0.25) is 9.59 Å². The van der Waals surface area contributed by atoms with Crippen molar-refractivity contribution in [2.24, 2.45) is 0 Å². The second kappa shape index (κ2) is 8.64. The molecule has 0 heterocycles. The van der Waals surface area contributed by atoms with Crippen LogP contribution in [-0.2, 0) is 14.8 Å². The van der Waals surface area contributed by atoms with Crippen LogP contribution < -0.4 is 15.4 Å². The minimum atomic E-state index is -3.62. The summed E-state index contributed by atoms with van der Waals surface area (Å²) in [7, 11) is -3.62. The van der Waals surface area contributed by atoms with E-state index in [0.717, 1.165) is 4.47 Å². The largest absolute Gasteiger partial charge is 0.325 e. The minimum Gasteiger partial charge on any atom is -0.325 e. The molecule has 0 aliphatic rings. The molecule has 2 aromatic carbocycles. The van der Waals surface area contributed by atoms with Crippen molar-refractivity contribution < 1.29 is 18.0 Å². The van der Waals surface area contributed by atoms with Crippen LogP contribution in [0.4, 0.5) is 11.4 Å². The number of carbonyl (C=O) groups is 2. The molecular formula is C18H20BrN3O4S. The predicted molar refractivity (Wildman–Crippen MR) is 108 cm³/mol. The van der Waals surface area contributed by atoms with Gasteiger partial charge in [0.15, 0.2) is 0 Å². The summed E-state index contributed by atoms with van der Waals surface area (Å²) in [6.45, 7) is 4.83. The fourth-order valence-corrected chi connectivity index (χ4v) is 3.89. The number of nitrogens with one attached hydrogen (secondary N) is 3. The van der Waals surface area contributed by atoms with Gasteiger partial charge >= 0.3 is 0 Å². The zero-order valence-electron chi connectivity index (χ0n) is 15.0. The number of anilines is 2. The lowest BCUT2D eigenvalue weighted by atomic mass is 10.2. The summed E-state index contributed by atoms with van der Waals surface area (Å²) in [5.41, 5.74) is 1.16. The van der Waals surface area contributed by atoms with Crippen molar-refractivity contribution >= 4 is 49.1 Å². The van der Waals surface area contributed by atoms with E-state index in [1.165, 1.54) is 31.2 Å². The van der Waals surface area contributed by atoms with Gasteiger partial charge < -0.3 is 10.6 Å². The van der Waals surface area contributed by atoms with E-state index < -0.39 is 15.9 Å². The molecule has 0 saturated heterocycles. The van der Waals surface area contributed by atoms with Crippen molar-refractivity contribution in [2.45, 2.75) is 31.7 Å². The van der Waals surface area contributed by atoms with Crippen LogP contribution in [0.1, 0.15) is 31.1 Å². The number of halogens is 1. The van der Waals surface area contributed by atoms with Crippen molar-refractivity contribution in [3.63, 3.8) is 0 Å². The second-order valence-electron chi connectivity index (χ2n) is 6.13. The summed E-state index contributed by atoms with van der Waals surface area (Å²) in [5.74, 6) is -0.694. The van der Waals surface area contributed by atoms with E-state index >= 15 is 0 Å². The summed E-state index contributed by atoms with van der Waals surface area (Å²) < 4.78 is 27.5. The SMILES string of the molecule is CC(=O)Nc1ccc(Br)cc1NC(=O)c1ccc(S(=O)(=O)NC(C)C)cc1. The van der Waals surface area contributed by atoms with Gasteiger partial charge in [-0.25, -0.2) is 13.1 Å². The molecule has 2 aromatic rings. The number of benzene rings is 2. The van der Waals surface area contributed by atoms with E-state index in [-0.39, 0.29) is 22.4 Å². The first-order valence-corrected chi connectivity index (χ1v) is 10.4. The summed E-state index contributed by atoms with van der Waals surface area (Å²) in [6, 6.07) is 10.4. The van der Waals surface area contributed by atoms with Crippen LogP contribution in [0.3, 0.4) is 0 Å². The zero-order chi connectivity index (χ0) is 20.2.